The van der Waals surface area contributed by atoms with E-state index in [0.29, 0.717) is 12.5 Å². The van der Waals surface area contributed by atoms with Crippen molar-refractivity contribution in [3.8, 4) is 5.69 Å². The van der Waals surface area contributed by atoms with Crippen LogP contribution in [0.2, 0.25) is 0 Å². The van der Waals surface area contributed by atoms with E-state index in [2.05, 4.69) is 52.9 Å². The molecule has 3 aromatic rings. The molecule has 0 amide bonds. The van der Waals surface area contributed by atoms with Gasteiger partial charge in [0.25, 0.3) is 0 Å². The second-order valence-corrected chi connectivity index (χ2v) is 5.53. The van der Waals surface area contributed by atoms with E-state index in [-0.39, 0.29) is 0 Å². The molecule has 0 aliphatic heterocycles. The molecule has 0 saturated carbocycles. The van der Waals surface area contributed by atoms with E-state index >= 15 is 0 Å². The summed E-state index contributed by atoms with van der Waals surface area (Å²) in [7, 11) is 0. The second-order valence-electron chi connectivity index (χ2n) is 5.53. The summed E-state index contributed by atoms with van der Waals surface area (Å²) >= 11 is 0. The molecule has 0 aliphatic carbocycles. The van der Waals surface area contributed by atoms with Gasteiger partial charge in [-0.1, -0.05) is 50.2 Å². The van der Waals surface area contributed by atoms with E-state index in [9.17, 15) is 0 Å². The Morgan fingerprint density at radius 2 is 1.90 bits per heavy atom. The van der Waals surface area contributed by atoms with Gasteiger partial charge in [0.1, 0.15) is 0 Å². The van der Waals surface area contributed by atoms with E-state index < -0.39 is 0 Å². The van der Waals surface area contributed by atoms with E-state index in [1.807, 2.05) is 28.9 Å². The number of nitrogens with one attached hydrogen (secondary N) is 1. The third-order valence-corrected chi connectivity index (χ3v) is 3.36. The van der Waals surface area contributed by atoms with Gasteiger partial charge in [0.05, 0.1) is 12.2 Å². The number of aromatic nitrogens is 4. The first kappa shape index (κ1) is 13.7. The molecule has 0 fully saturated rings. The average molecular weight is 281 g/mol. The summed E-state index contributed by atoms with van der Waals surface area (Å²) in [5, 5.41) is 17.8. The Kier molecular flexibility index (Phi) is 3.92. The number of nitrogens with zero attached hydrogens (tertiary/aromatic N) is 4. The van der Waals surface area contributed by atoms with E-state index in [4.69, 9.17) is 0 Å². The van der Waals surface area contributed by atoms with Gasteiger partial charge in [-0.15, -0.1) is 5.10 Å². The fourth-order valence-corrected chi connectivity index (χ4v) is 2.37. The highest BCUT2D eigenvalue weighted by Crippen LogP contribution is 2.21. The molecule has 0 aliphatic rings. The number of hydrogen-bond donors (Lipinski definition) is 1. The summed E-state index contributed by atoms with van der Waals surface area (Å²) in [6.07, 6.45) is 0. The number of benzene rings is 2. The summed E-state index contributed by atoms with van der Waals surface area (Å²) in [5.74, 6) is 1.43. The van der Waals surface area contributed by atoms with Gasteiger partial charge < -0.3 is 5.32 Å². The summed E-state index contributed by atoms with van der Waals surface area (Å²) in [5.41, 5.74) is 1.01. The molecule has 3 rings (SSSR count). The predicted octanol–water partition coefficient (Wildman–Crippen LogP) is 2.56. The average Bonchev–Trinajstić information content (AvgIpc) is 2.94. The van der Waals surface area contributed by atoms with E-state index in [1.54, 1.807) is 0 Å². The summed E-state index contributed by atoms with van der Waals surface area (Å²) in [6.45, 7) is 5.97. The Hall–Kier alpha value is -2.27. The first-order valence-electron chi connectivity index (χ1n) is 7.22. The van der Waals surface area contributed by atoms with E-state index in [1.165, 1.54) is 5.39 Å². The monoisotopic (exact) mass is 281 g/mol. The van der Waals surface area contributed by atoms with Crippen molar-refractivity contribution >= 4 is 10.8 Å². The molecule has 5 heteroatoms. The van der Waals surface area contributed by atoms with Crippen LogP contribution in [0.4, 0.5) is 0 Å². The minimum Gasteiger partial charge on any atom is -0.310 e. The fourth-order valence-electron chi connectivity index (χ4n) is 2.37. The predicted molar refractivity (Wildman–Crippen MR) is 83.2 cm³/mol. The van der Waals surface area contributed by atoms with Gasteiger partial charge in [-0.2, -0.15) is 4.68 Å². The van der Waals surface area contributed by atoms with Crippen molar-refractivity contribution in [1.82, 2.24) is 25.5 Å². The Labute approximate surface area is 124 Å². The molecule has 21 heavy (non-hydrogen) atoms. The van der Waals surface area contributed by atoms with Crippen molar-refractivity contribution in [1.29, 1.82) is 0 Å². The van der Waals surface area contributed by atoms with Crippen LogP contribution in [0.1, 0.15) is 19.7 Å². The Balaban J connectivity index is 1.94. The van der Waals surface area contributed by atoms with Crippen LogP contribution < -0.4 is 5.32 Å². The van der Waals surface area contributed by atoms with Crippen molar-refractivity contribution in [3.63, 3.8) is 0 Å². The number of rotatable bonds is 5. The summed E-state index contributed by atoms with van der Waals surface area (Å²) in [6, 6.07) is 14.4. The lowest BCUT2D eigenvalue weighted by Crippen LogP contribution is -2.21. The second kappa shape index (κ2) is 6.01. The normalized spacial score (nSPS) is 11.4. The molecule has 1 aromatic heterocycles. The molecule has 0 radical (unpaired) electrons. The van der Waals surface area contributed by atoms with Gasteiger partial charge in [-0.05, 0) is 34.3 Å². The topological polar surface area (TPSA) is 55.6 Å². The van der Waals surface area contributed by atoms with Crippen molar-refractivity contribution in [2.75, 3.05) is 6.54 Å². The molecule has 5 nitrogen and oxygen atoms in total. The zero-order chi connectivity index (χ0) is 14.7. The lowest BCUT2D eigenvalue weighted by Gasteiger charge is -2.10. The zero-order valence-electron chi connectivity index (χ0n) is 12.3. The molecule has 1 heterocycles. The molecular weight excluding hydrogens is 262 g/mol. The highest BCUT2D eigenvalue weighted by atomic mass is 15.5. The van der Waals surface area contributed by atoms with Crippen LogP contribution in [0.3, 0.4) is 0 Å². The molecule has 2 aromatic carbocycles. The number of fused-ring (bicyclic) bond motifs is 1. The maximum Gasteiger partial charge on any atom is 0.170 e. The van der Waals surface area contributed by atoms with Gasteiger partial charge >= 0.3 is 0 Å². The van der Waals surface area contributed by atoms with Crippen LogP contribution >= 0.6 is 0 Å². The zero-order valence-corrected chi connectivity index (χ0v) is 12.3. The van der Waals surface area contributed by atoms with Crippen LogP contribution in [-0.4, -0.2) is 26.8 Å². The largest absolute Gasteiger partial charge is 0.310 e. The maximum absolute atomic E-state index is 4.15. The van der Waals surface area contributed by atoms with E-state index in [0.717, 1.165) is 23.4 Å². The SMILES string of the molecule is CC(C)CNCc1nnnn1-c1cccc2ccccc12. The van der Waals surface area contributed by atoms with Crippen molar-refractivity contribution in [2.24, 2.45) is 5.92 Å². The van der Waals surface area contributed by atoms with Gasteiger partial charge in [0.15, 0.2) is 5.82 Å². The highest BCUT2D eigenvalue weighted by Gasteiger charge is 2.10. The van der Waals surface area contributed by atoms with Gasteiger partial charge in [-0.3, -0.25) is 0 Å². The molecule has 108 valence electrons. The summed E-state index contributed by atoms with van der Waals surface area (Å²) in [4.78, 5) is 0. The van der Waals surface area contributed by atoms with Crippen LogP contribution in [0.5, 0.6) is 0 Å². The first-order chi connectivity index (χ1) is 10.3. The Morgan fingerprint density at radius 1 is 1.10 bits per heavy atom. The number of tetrazole rings is 1. The Morgan fingerprint density at radius 3 is 2.76 bits per heavy atom. The van der Waals surface area contributed by atoms with Gasteiger partial charge in [0, 0.05) is 5.39 Å². The standard InChI is InChI=1S/C16H19N5/c1-12(2)10-17-11-16-18-19-20-21(16)15-9-5-7-13-6-3-4-8-14(13)15/h3-9,12,17H,10-11H2,1-2H3. The minimum absolute atomic E-state index is 0.604. The van der Waals surface area contributed by atoms with Crippen LogP contribution in [-0.2, 0) is 6.54 Å². The molecule has 0 unspecified atom stereocenters. The van der Waals surface area contributed by atoms with Crippen molar-refractivity contribution < 1.29 is 0 Å². The third-order valence-electron chi connectivity index (χ3n) is 3.36. The van der Waals surface area contributed by atoms with Crippen LogP contribution in [0.25, 0.3) is 16.5 Å². The maximum atomic E-state index is 4.15. The van der Waals surface area contributed by atoms with Crippen LogP contribution in [0, 0.1) is 5.92 Å². The molecule has 0 spiro atoms. The molecular formula is C16H19N5. The van der Waals surface area contributed by atoms with Gasteiger partial charge in [0.2, 0.25) is 0 Å². The molecule has 1 N–H and O–H groups in total. The Bertz CT molecular complexity index is 727. The van der Waals surface area contributed by atoms with Gasteiger partial charge in [-0.25, -0.2) is 0 Å². The van der Waals surface area contributed by atoms with Crippen LogP contribution in [0.15, 0.2) is 42.5 Å². The molecule has 0 saturated heterocycles. The highest BCUT2D eigenvalue weighted by molar-refractivity contribution is 5.89. The smallest absolute Gasteiger partial charge is 0.170 e. The molecule has 0 atom stereocenters. The summed E-state index contributed by atoms with van der Waals surface area (Å²) < 4.78 is 1.82. The third kappa shape index (κ3) is 2.92. The minimum atomic E-state index is 0.604. The molecule has 0 bridgehead atoms. The van der Waals surface area contributed by atoms with Crippen molar-refractivity contribution in [3.05, 3.63) is 48.3 Å². The first-order valence-corrected chi connectivity index (χ1v) is 7.22. The lowest BCUT2D eigenvalue weighted by atomic mass is 10.1. The number of hydrogen-bond acceptors (Lipinski definition) is 4. The lowest BCUT2D eigenvalue weighted by molar-refractivity contribution is 0.538. The van der Waals surface area contributed by atoms with Crippen molar-refractivity contribution in [2.45, 2.75) is 20.4 Å². The fraction of sp³-hybridized carbons (Fsp3) is 0.312. The quantitative estimate of drug-likeness (QED) is 0.781.